The Labute approximate surface area is 181 Å². The summed E-state index contributed by atoms with van der Waals surface area (Å²) < 4.78 is 60.5. The number of amides is 2. The van der Waals surface area contributed by atoms with Gasteiger partial charge in [-0.25, -0.2) is 17.6 Å². The number of nitrogens with zero attached hydrogens (tertiary/aromatic N) is 2. The number of benzene rings is 2. The van der Waals surface area contributed by atoms with Crippen LogP contribution in [0.3, 0.4) is 0 Å². The Morgan fingerprint density at radius 1 is 0.875 bits per heavy atom. The molecule has 3 aliphatic rings. The first-order valence-electron chi connectivity index (χ1n) is 10.5. The molecule has 2 atom stereocenters. The van der Waals surface area contributed by atoms with Gasteiger partial charge in [-0.05, 0) is 42.7 Å². The highest BCUT2D eigenvalue weighted by atomic mass is 19.1. The zero-order valence-electron chi connectivity index (χ0n) is 17.0. The smallest absolute Gasteiger partial charge is 0.257 e. The lowest BCUT2D eigenvalue weighted by Crippen LogP contribution is -2.51. The van der Waals surface area contributed by atoms with Gasteiger partial charge in [0.1, 0.15) is 29.5 Å². The fourth-order valence-corrected chi connectivity index (χ4v) is 5.07. The van der Waals surface area contributed by atoms with Gasteiger partial charge in [-0.15, -0.1) is 0 Å². The summed E-state index contributed by atoms with van der Waals surface area (Å²) in [5, 5.41) is 0. The third kappa shape index (κ3) is 3.44. The van der Waals surface area contributed by atoms with E-state index in [1.54, 1.807) is 4.90 Å². The lowest BCUT2D eigenvalue weighted by Gasteiger charge is -2.37. The summed E-state index contributed by atoms with van der Waals surface area (Å²) in [6, 6.07) is 5.42. The van der Waals surface area contributed by atoms with Gasteiger partial charge in [-0.3, -0.25) is 9.59 Å². The molecule has 3 saturated heterocycles. The van der Waals surface area contributed by atoms with Crippen molar-refractivity contribution in [2.24, 2.45) is 0 Å². The predicted molar refractivity (Wildman–Crippen MR) is 104 cm³/mol. The number of hydrogen-bond acceptors (Lipinski definition) is 3. The number of piperidine rings is 1. The molecule has 0 aliphatic carbocycles. The first-order valence-corrected chi connectivity index (χ1v) is 10.5. The molecule has 5 rings (SSSR count). The zero-order chi connectivity index (χ0) is 22.6. The molecule has 0 saturated carbocycles. The lowest BCUT2D eigenvalue weighted by atomic mass is 9.89. The van der Waals surface area contributed by atoms with E-state index in [4.69, 9.17) is 4.74 Å². The Morgan fingerprint density at radius 3 is 2.03 bits per heavy atom. The van der Waals surface area contributed by atoms with Crippen molar-refractivity contribution >= 4 is 11.8 Å². The van der Waals surface area contributed by atoms with Crippen LogP contribution in [0.2, 0.25) is 0 Å². The van der Waals surface area contributed by atoms with Crippen molar-refractivity contribution < 1.29 is 31.9 Å². The maximum Gasteiger partial charge on any atom is 0.257 e. The van der Waals surface area contributed by atoms with Crippen molar-refractivity contribution in [3.8, 4) is 0 Å². The summed E-state index contributed by atoms with van der Waals surface area (Å²) in [5.74, 6) is -3.85. The third-order valence-electron chi connectivity index (χ3n) is 6.56. The molecule has 2 aromatic rings. The van der Waals surface area contributed by atoms with E-state index in [2.05, 4.69) is 0 Å². The van der Waals surface area contributed by atoms with Crippen molar-refractivity contribution in [3.05, 3.63) is 70.8 Å². The number of carbonyl (C=O) groups is 2. The van der Waals surface area contributed by atoms with E-state index in [1.165, 1.54) is 17.0 Å². The van der Waals surface area contributed by atoms with E-state index >= 15 is 0 Å². The van der Waals surface area contributed by atoms with Crippen LogP contribution in [0, 0.1) is 23.3 Å². The zero-order valence-corrected chi connectivity index (χ0v) is 17.0. The van der Waals surface area contributed by atoms with Crippen LogP contribution in [-0.2, 0) is 9.53 Å². The van der Waals surface area contributed by atoms with Crippen LogP contribution < -0.4 is 0 Å². The summed E-state index contributed by atoms with van der Waals surface area (Å²) >= 11 is 0. The quantitative estimate of drug-likeness (QED) is 0.654. The summed E-state index contributed by atoms with van der Waals surface area (Å²) in [6.07, 6.45) is 1.05. The van der Waals surface area contributed by atoms with Gasteiger partial charge in [0.25, 0.3) is 11.8 Å². The normalized spacial score (nSPS) is 24.3. The fraction of sp³-hybridized carbons (Fsp3) is 0.391. The van der Waals surface area contributed by atoms with Gasteiger partial charge in [0.2, 0.25) is 0 Å². The van der Waals surface area contributed by atoms with Gasteiger partial charge in [0, 0.05) is 43.6 Å². The van der Waals surface area contributed by atoms with Crippen LogP contribution in [0.4, 0.5) is 17.6 Å². The van der Waals surface area contributed by atoms with Crippen LogP contribution in [0.15, 0.2) is 36.4 Å². The third-order valence-corrected chi connectivity index (χ3v) is 6.56. The summed E-state index contributed by atoms with van der Waals surface area (Å²) in [4.78, 5) is 29.0. The number of fused-ring (bicyclic) bond motifs is 1. The van der Waals surface area contributed by atoms with Gasteiger partial charge >= 0.3 is 0 Å². The van der Waals surface area contributed by atoms with Gasteiger partial charge in [-0.2, -0.15) is 0 Å². The van der Waals surface area contributed by atoms with E-state index in [1.807, 2.05) is 0 Å². The van der Waals surface area contributed by atoms with Crippen molar-refractivity contribution in [1.29, 1.82) is 0 Å². The van der Waals surface area contributed by atoms with Gasteiger partial charge in [0.15, 0.2) is 5.60 Å². The van der Waals surface area contributed by atoms with E-state index < -0.39 is 47.0 Å². The van der Waals surface area contributed by atoms with Crippen LogP contribution in [0.25, 0.3) is 0 Å². The molecule has 32 heavy (non-hydrogen) atoms. The molecule has 0 unspecified atom stereocenters. The molecule has 3 heterocycles. The molecule has 5 nitrogen and oxygen atoms in total. The van der Waals surface area contributed by atoms with Crippen LogP contribution >= 0.6 is 0 Å². The molecule has 168 valence electrons. The van der Waals surface area contributed by atoms with E-state index in [0.29, 0.717) is 24.5 Å². The average Bonchev–Trinajstić information content (AvgIpc) is 3.25. The minimum absolute atomic E-state index is 0.0917. The average molecular weight is 448 g/mol. The number of rotatable bonds is 2. The standard InChI is InChI=1S/C23H20F4N2O3/c24-15-7-13(8-16(25)11-15)19-1-2-20-29(19)22(31)23(32-20)3-5-28(6-4-23)21(30)14-9-17(26)12-18(27)10-14/h7-12,19-20H,1-6H2/t19-,20+/m0/s1. The molecule has 0 N–H and O–H groups in total. The Bertz CT molecular complexity index is 1060. The Kier molecular flexibility index (Phi) is 4.96. The lowest BCUT2D eigenvalue weighted by molar-refractivity contribution is -0.142. The highest BCUT2D eigenvalue weighted by molar-refractivity contribution is 5.95. The molecule has 9 heteroatoms. The molecule has 3 aliphatic heterocycles. The molecule has 1 spiro atoms. The second kappa shape index (κ2) is 7.58. The van der Waals surface area contributed by atoms with Crippen molar-refractivity contribution in [1.82, 2.24) is 9.80 Å². The number of hydrogen-bond donors (Lipinski definition) is 0. The minimum atomic E-state index is -1.11. The SMILES string of the molecule is O=C(c1cc(F)cc(F)c1)N1CCC2(CC1)O[C@@H]1CC[C@@H](c3cc(F)cc(F)c3)N1C2=O. The molecule has 0 aromatic heterocycles. The van der Waals surface area contributed by atoms with Gasteiger partial charge < -0.3 is 14.5 Å². The maximum absolute atomic E-state index is 13.7. The van der Waals surface area contributed by atoms with E-state index in [0.717, 1.165) is 18.2 Å². The predicted octanol–water partition coefficient (Wildman–Crippen LogP) is 3.94. The van der Waals surface area contributed by atoms with E-state index in [9.17, 15) is 27.2 Å². The van der Waals surface area contributed by atoms with Crippen molar-refractivity contribution in [3.63, 3.8) is 0 Å². The van der Waals surface area contributed by atoms with Crippen LogP contribution in [0.1, 0.15) is 47.6 Å². The first kappa shape index (κ1) is 20.9. The topological polar surface area (TPSA) is 49.9 Å². The number of likely N-dealkylation sites (tertiary alicyclic amines) is 1. The monoisotopic (exact) mass is 448 g/mol. The summed E-state index contributed by atoms with van der Waals surface area (Å²) in [6.45, 7) is 0.366. The number of carbonyl (C=O) groups excluding carboxylic acids is 2. The maximum atomic E-state index is 13.7. The number of ether oxygens (including phenoxy) is 1. The highest BCUT2D eigenvalue weighted by Gasteiger charge is 2.58. The van der Waals surface area contributed by atoms with Crippen LogP contribution in [0.5, 0.6) is 0 Å². The highest BCUT2D eigenvalue weighted by Crippen LogP contribution is 2.47. The molecule has 2 amide bonds. The Hall–Kier alpha value is -2.94. The minimum Gasteiger partial charge on any atom is -0.342 e. The van der Waals surface area contributed by atoms with Gasteiger partial charge in [0.05, 0.1) is 6.04 Å². The Balaban J connectivity index is 1.32. The van der Waals surface area contributed by atoms with Crippen LogP contribution in [-0.4, -0.2) is 46.5 Å². The molecule has 3 fully saturated rings. The van der Waals surface area contributed by atoms with E-state index in [-0.39, 0.29) is 37.4 Å². The number of halogens is 4. The second-order valence-corrected chi connectivity index (χ2v) is 8.53. The summed E-state index contributed by atoms with van der Waals surface area (Å²) in [5.41, 5.74) is -0.815. The second-order valence-electron chi connectivity index (χ2n) is 8.53. The van der Waals surface area contributed by atoms with Gasteiger partial charge in [-0.1, -0.05) is 0 Å². The van der Waals surface area contributed by atoms with Crippen molar-refractivity contribution in [2.45, 2.75) is 43.6 Å². The molecule has 0 bridgehead atoms. The molecule has 0 radical (unpaired) electrons. The fourth-order valence-electron chi connectivity index (χ4n) is 5.07. The van der Waals surface area contributed by atoms with Crippen molar-refractivity contribution in [2.75, 3.05) is 13.1 Å². The molecular weight excluding hydrogens is 428 g/mol. The molecule has 2 aromatic carbocycles. The molecular formula is C23H20F4N2O3. The first-order chi connectivity index (χ1) is 15.3. The summed E-state index contributed by atoms with van der Waals surface area (Å²) in [7, 11) is 0. The largest absolute Gasteiger partial charge is 0.342 e. The Morgan fingerprint density at radius 2 is 1.44 bits per heavy atom.